The zero-order valence-electron chi connectivity index (χ0n) is 18.8. The number of halogens is 7. The lowest BCUT2D eigenvalue weighted by molar-refractivity contribution is -0.143. The number of aromatic nitrogens is 4. The number of nitrogens with one attached hydrogen (secondary N) is 1. The van der Waals surface area contributed by atoms with Crippen molar-refractivity contribution in [3.05, 3.63) is 83.3 Å². The molecule has 0 aliphatic heterocycles. The van der Waals surface area contributed by atoms with E-state index < -0.39 is 53.1 Å². The number of carbonyl (C=O) groups is 1. The Bertz CT molecular complexity index is 1430. The lowest BCUT2D eigenvalue weighted by atomic mass is 9.89. The number of nitrogen functional groups attached to an aromatic ring is 1. The molecule has 198 valence electrons. The SMILES string of the molecule is Nc1cnc(-c2nnc(CC(C(=O)Nc3ccc(F)cc3)c3ccc(C(F)(F)F)cc3C(F)(F)F)o2)nc1. The van der Waals surface area contributed by atoms with Crippen molar-refractivity contribution in [2.45, 2.75) is 24.7 Å². The molecule has 0 aliphatic rings. The van der Waals surface area contributed by atoms with Gasteiger partial charge in [-0.1, -0.05) is 6.07 Å². The Labute approximate surface area is 208 Å². The number of amides is 1. The third kappa shape index (κ3) is 6.04. The van der Waals surface area contributed by atoms with Gasteiger partial charge >= 0.3 is 12.4 Å². The first-order chi connectivity index (χ1) is 17.8. The van der Waals surface area contributed by atoms with Crippen molar-refractivity contribution in [1.82, 2.24) is 20.2 Å². The molecule has 0 fully saturated rings. The number of rotatable bonds is 6. The van der Waals surface area contributed by atoms with Crippen LogP contribution in [-0.2, 0) is 23.6 Å². The van der Waals surface area contributed by atoms with Crippen LogP contribution in [0, 0.1) is 5.82 Å². The van der Waals surface area contributed by atoms with E-state index in [0.717, 1.165) is 24.3 Å². The first kappa shape index (κ1) is 26.5. The molecule has 0 spiro atoms. The van der Waals surface area contributed by atoms with Crippen molar-refractivity contribution in [1.29, 1.82) is 0 Å². The number of hydrogen-bond donors (Lipinski definition) is 2. The molecular weight excluding hydrogens is 525 g/mol. The van der Waals surface area contributed by atoms with Gasteiger partial charge in [0.15, 0.2) is 0 Å². The van der Waals surface area contributed by atoms with Gasteiger partial charge in [-0.2, -0.15) is 26.3 Å². The maximum atomic E-state index is 13.9. The number of nitrogens with two attached hydrogens (primary N) is 1. The molecule has 2 aromatic heterocycles. The minimum Gasteiger partial charge on any atom is -0.418 e. The van der Waals surface area contributed by atoms with Gasteiger partial charge in [-0.05, 0) is 42.0 Å². The first-order valence-corrected chi connectivity index (χ1v) is 10.6. The van der Waals surface area contributed by atoms with E-state index in [0.29, 0.717) is 12.1 Å². The smallest absolute Gasteiger partial charge is 0.416 e. The summed E-state index contributed by atoms with van der Waals surface area (Å²) in [5.41, 5.74) is 1.78. The fourth-order valence-electron chi connectivity index (χ4n) is 3.44. The second-order valence-electron chi connectivity index (χ2n) is 7.89. The van der Waals surface area contributed by atoms with E-state index in [-0.39, 0.29) is 35.0 Å². The molecule has 0 aliphatic carbocycles. The molecule has 2 aromatic carbocycles. The average Bonchev–Trinajstić information content (AvgIpc) is 3.31. The summed E-state index contributed by atoms with van der Waals surface area (Å²) in [5, 5.41) is 9.75. The third-order valence-corrected chi connectivity index (χ3v) is 5.20. The van der Waals surface area contributed by atoms with Crippen LogP contribution in [0.2, 0.25) is 0 Å². The fourth-order valence-corrected chi connectivity index (χ4v) is 3.44. The fraction of sp³-hybridized carbons (Fsp3) is 0.174. The molecule has 38 heavy (non-hydrogen) atoms. The van der Waals surface area contributed by atoms with E-state index in [2.05, 4.69) is 25.5 Å². The highest BCUT2D eigenvalue weighted by atomic mass is 19.4. The summed E-state index contributed by atoms with van der Waals surface area (Å²) in [4.78, 5) is 20.9. The van der Waals surface area contributed by atoms with E-state index in [1.54, 1.807) is 0 Å². The normalized spacial score (nSPS) is 12.8. The van der Waals surface area contributed by atoms with Crippen molar-refractivity contribution in [2.24, 2.45) is 0 Å². The molecule has 0 saturated carbocycles. The number of hydrogen-bond acceptors (Lipinski definition) is 7. The van der Waals surface area contributed by atoms with Crippen molar-refractivity contribution < 1.29 is 39.9 Å². The Morgan fingerprint density at radius 1 is 0.947 bits per heavy atom. The number of benzene rings is 2. The van der Waals surface area contributed by atoms with Crippen LogP contribution < -0.4 is 11.1 Å². The second kappa shape index (κ2) is 10.1. The van der Waals surface area contributed by atoms with Gasteiger partial charge in [0.25, 0.3) is 5.89 Å². The molecule has 15 heteroatoms. The molecule has 4 rings (SSSR count). The van der Waals surface area contributed by atoms with E-state index in [1.165, 1.54) is 12.4 Å². The van der Waals surface area contributed by atoms with Gasteiger partial charge in [0, 0.05) is 12.1 Å². The summed E-state index contributed by atoms with van der Waals surface area (Å²) >= 11 is 0. The monoisotopic (exact) mass is 540 g/mol. The van der Waals surface area contributed by atoms with Gasteiger partial charge in [0.05, 0.1) is 35.1 Å². The van der Waals surface area contributed by atoms with Crippen molar-refractivity contribution in [3.8, 4) is 11.7 Å². The Morgan fingerprint density at radius 3 is 2.21 bits per heavy atom. The number of carbonyl (C=O) groups excluding carboxylic acids is 1. The topological polar surface area (TPSA) is 120 Å². The molecular formula is C23H15F7N6O2. The zero-order valence-corrected chi connectivity index (χ0v) is 18.8. The maximum Gasteiger partial charge on any atom is 0.416 e. The van der Waals surface area contributed by atoms with Crippen molar-refractivity contribution in [3.63, 3.8) is 0 Å². The van der Waals surface area contributed by atoms with Crippen LogP contribution in [-0.4, -0.2) is 26.1 Å². The van der Waals surface area contributed by atoms with Crippen LogP contribution in [0.15, 0.2) is 59.3 Å². The summed E-state index contributed by atoms with van der Waals surface area (Å²) in [6.07, 6.45) is -8.47. The summed E-state index contributed by atoms with van der Waals surface area (Å²) in [6.45, 7) is 0. The van der Waals surface area contributed by atoms with Gasteiger partial charge in [-0.3, -0.25) is 4.79 Å². The van der Waals surface area contributed by atoms with Gasteiger partial charge in [0.1, 0.15) is 5.82 Å². The zero-order chi connectivity index (χ0) is 27.7. The van der Waals surface area contributed by atoms with Crippen LogP contribution in [0.1, 0.15) is 28.5 Å². The highest BCUT2D eigenvalue weighted by molar-refractivity contribution is 5.96. The minimum absolute atomic E-state index is 0.0309. The summed E-state index contributed by atoms with van der Waals surface area (Å²) in [5.74, 6) is -4.06. The number of alkyl halides is 6. The van der Waals surface area contributed by atoms with Crippen LogP contribution in [0.25, 0.3) is 11.7 Å². The largest absolute Gasteiger partial charge is 0.418 e. The maximum absolute atomic E-state index is 13.9. The summed E-state index contributed by atoms with van der Waals surface area (Å²) in [6, 6.07) is 5.25. The van der Waals surface area contributed by atoms with Crippen molar-refractivity contribution in [2.75, 3.05) is 11.1 Å². The second-order valence-corrected chi connectivity index (χ2v) is 7.89. The van der Waals surface area contributed by atoms with Crippen LogP contribution in [0.4, 0.5) is 42.1 Å². The van der Waals surface area contributed by atoms with Gasteiger partial charge in [-0.25, -0.2) is 14.4 Å². The molecule has 0 saturated heterocycles. The Kier molecular flexibility index (Phi) is 7.02. The molecule has 1 amide bonds. The van der Waals surface area contributed by atoms with E-state index in [9.17, 15) is 35.5 Å². The highest BCUT2D eigenvalue weighted by Gasteiger charge is 2.41. The molecule has 2 heterocycles. The third-order valence-electron chi connectivity index (χ3n) is 5.20. The predicted octanol–water partition coefficient (Wildman–Crippen LogP) is 5.25. The molecule has 0 bridgehead atoms. The first-order valence-electron chi connectivity index (χ1n) is 10.6. The quantitative estimate of drug-likeness (QED) is 0.321. The van der Waals surface area contributed by atoms with Gasteiger partial charge in [0.2, 0.25) is 17.6 Å². The van der Waals surface area contributed by atoms with Crippen LogP contribution in [0.5, 0.6) is 0 Å². The highest BCUT2D eigenvalue weighted by Crippen LogP contribution is 2.40. The standard InChI is InChI=1S/C23H15F7N6O2/c24-12-2-4-14(5-3-12)34-20(37)16(8-18-35-36-21(38-18)19-32-9-13(31)10-33-19)15-6-1-11(22(25,26)27)7-17(15)23(28,29)30/h1-7,9-10,16H,8,31H2,(H,34,37). The summed E-state index contributed by atoms with van der Waals surface area (Å²) < 4.78 is 99.8. The Balaban J connectivity index is 1.75. The lowest BCUT2D eigenvalue weighted by Crippen LogP contribution is -2.26. The van der Waals surface area contributed by atoms with Crippen LogP contribution >= 0.6 is 0 Å². The molecule has 4 aromatic rings. The van der Waals surface area contributed by atoms with E-state index in [4.69, 9.17) is 10.2 Å². The molecule has 8 nitrogen and oxygen atoms in total. The van der Waals surface area contributed by atoms with E-state index in [1.807, 2.05) is 0 Å². The molecule has 1 atom stereocenters. The molecule has 3 N–H and O–H groups in total. The van der Waals surface area contributed by atoms with Crippen molar-refractivity contribution >= 4 is 17.3 Å². The Morgan fingerprint density at radius 2 is 1.61 bits per heavy atom. The Hall–Kier alpha value is -4.56. The number of anilines is 2. The van der Waals surface area contributed by atoms with E-state index >= 15 is 0 Å². The van der Waals surface area contributed by atoms with Gasteiger partial charge < -0.3 is 15.5 Å². The van der Waals surface area contributed by atoms with Crippen LogP contribution in [0.3, 0.4) is 0 Å². The lowest BCUT2D eigenvalue weighted by Gasteiger charge is -2.22. The minimum atomic E-state index is -5.25. The van der Waals surface area contributed by atoms with Gasteiger partial charge in [-0.15, -0.1) is 10.2 Å². The average molecular weight is 540 g/mol. The molecule has 1 unspecified atom stereocenters. The number of nitrogens with zero attached hydrogens (tertiary/aromatic N) is 4. The predicted molar refractivity (Wildman–Crippen MR) is 118 cm³/mol. The summed E-state index contributed by atoms with van der Waals surface area (Å²) in [7, 11) is 0. The molecule has 0 radical (unpaired) electrons.